The van der Waals surface area contributed by atoms with Gasteiger partial charge in [0.2, 0.25) is 10.0 Å². The minimum absolute atomic E-state index is 0.0118. The lowest BCUT2D eigenvalue weighted by molar-refractivity contribution is -0.138. The van der Waals surface area contributed by atoms with Crippen molar-refractivity contribution in [3.05, 3.63) is 65.2 Å². The highest BCUT2D eigenvalue weighted by atomic mass is 32.2. The predicted octanol–water partition coefficient (Wildman–Crippen LogP) is 4.04. The van der Waals surface area contributed by atoms with Crippen LogP contribution in [0.1, 0.15) is 40.4 Å². The van der Waals surface area contributed by atoms with E-state index < -0.39 is 27.8 Å². The molecule has 1 unspecified atom stereocenters. The number of hydrogen-bond acceptors (Lipinski definition) is 3. The first-order valence-corrected chi connectivity index (χ1v) is 9.43. The molecule has 3 rings (SSSR count). The number of benzene rings is 2. The van der Waals surface area contributed by atoms with Gasteiger partial charge in [-0.1, -0.05) is 36.4 Å². The highest BCUT2D eigenvalue weighted by Crippen LogP contribution is 2.42. The smallest absolute Gasteiger partial charge is 0.298 e. The summed E-state index contributed by atoms with van der Waals surface area (Å²) >= 11 is 0. The predicted molar refractivity (Wildman–Crippen MR) is 89.1 cm³/mol. The fourth-order valence-electron chi connectivity index (χ4n) is 3.32. The summed E-state index contributed by atoms with van der Waals surface area (Å²) in [5.74, 6) is 0. The first kappa shape index (κ1) is 18.6. The normalized spacial score (nSPS) is 18.8. The Kier molecular flexibility index (Phi) is 4.90. The van der Waals surface area contributed by atoms with E-state index in [4.69, 9.17) is 0 Å². The monoisotopic (exact) mass is 383 g/mol. The number of alkyl halides is 3. The van der Waals surface area contributed by atoms with Crippen LogP contribution in [0, 0.1) is 0 Å². The van der Waals surface area contributed by atoms with Gasteiger partial charge in [0, 0.05) is 12.1 Å². The molecule has 4 nitrogen and oxygen atoms in total. The van der Waals surface area contributed by atoms with Crippen molar-refractivity contribution in [1.82, 2.24) is 4.31 Å². The topological polar surface area (TPSA) is 54.5 Å². The Morgan fingerprint density at radius 3 is 2.38 bits per heavy atom. The Labute approximate surface area is 149 Å². The van der Waals surface area contributed by atoms with E-state index in [0.29, 0.717) is 12.7 Å². The third kappa shape index (κ3) is 3.26. The van der Waals surface area contributed by atoms with Crippen molar-refractivity contribution in [2.24, 2.45) is 0 Å². The molecule has 0 saturated carbocycles. The van der Waals surface area contributed by atoms with Crippen molar-refractivity contribution in [3.63, 3.8) is 0 Å². The van der Waals surface area contributed by atoms with Crippen LogP contribution in [0.2, 0.25) is 0 Å². The van der Waals surface area contributed by atoms with Crippen molar-refractivity contribution in [2.45, 2.75) is 30.0 Å². The van der Waals surface area contributed by atoms with Crippen LogP contribution in [0.3, 0.4) is 0 Å². The van der Waals surface area contributed by atoms with Crippen LogP contribution in [0.4, 0.5) is 13.2 Å². The van der Waals surface area contributed by atoms with Crippen LogP contribution in [-0.2, 0) is 16.2 Å². The molecule has 0 N–H and O–H groups in total. The number of hydrogen-bond donors (Lipinski definition) is 0. The lowest BCUT2D eigenvalue weighted by Gasteiger charge is -2.27. The number of halogens is 3. The molecule has 138 valence electrons. The minimum Gasteiger partial charge on any atom is -0.298 e. The molecule has 1 fully saturated rings. The Morgan fingerprint density at radius 1 is 1.04 bits per heavy atom. The van der Waals surface area contributed by atoms with E-state index in [9.17, 15) is 26.4 Å². The number of aldehydes is 1. The maximum Gasteiger partial charge on any atom is 0.416 e. The summed E-state index contributed by atoms with van der Waals surface area (Å²) in [6.07, 6.45) is -3.41. The van der Waals surface area contributed by atoms with Gasteiger partial charge in [-0.3, -0.25) is 4.79 Å². The van der Waals surface area contributed by atoms with Gasteiger partial charge in [0.15, 0.2) is 6.29 Å². The average molecular weight is 383 g/mol. The number of carbonyl (C=O) groups excluding carboxylic acids is 1. The summed E-state index contributed by atoms with van der Waals surface area (Å²) in [5, 5.41) is 0. The number of sulfonamides is 1. The van der Waals surface area contributed by atoms with Crippen molar-refractivity contribution < 1.29 is 26.4 Å². The Bertz CT molecular complexity index is 925. The summed E-state index contributed by atoms with van der Waals surface area (Å²) in [4.78, 5) is 11.0. The van der Waals surface area contributed by atoms with Gasteiger partial charge >= 0.3 is 6.18 Å². The molecule has 0 amide bonds. The molecule has 0 spiro atoms. The fraction of sp³-hybridized carbons (Fsp3) is 0.278. The first-order valence-electron chi connectivity index (χ1n) is 7.99. The molecule has 0 bridgehead atoms. The van der Waals surface area contributed by atoms with E-state index >= 15 is 0 Å². The maximum atomic E-state index is 13.4. The first-order chi connectivity index (χ1) is 12.3. The quantitative estimate of drug-likeness (QED) is 0.749. The molecule has 1 saturated heterocycles. The van der Waals surface area contributed by atoms with Crippen LogP contribution in [0.15, 0.2) is 53.4 Å². The van der Waals surface area contributed by atoms with Gasteiger partial charge in [-0.25, -0.2) is 8.42 Å². The maximum absolute atomic E-state index is 13.4. The van der Waals surface area contributed by atoms with E-state index in [1.807, 2.05) is 0 Å². The second kappa shape index (κ2) is 6.85. The van der Waals surface area contributed by atoms with E-state index in [1.54, 1.807) is 0 Å². The lowest BCUT2D eigenvalue weighted by atomic mass is 9.99. The molecule has 1 aliphatic rings. The Hall–Kier alpha value is -2.19. The molecular weight excluding hydrogens is 367 g/mol. The molecule has 0 radical (unpaired) electrons. The highest BCUT2D eigenvalue weighted by Gasteiger charge is 2.42. The second-order valence-corrected chi connectivity index (χ2v) is 7.87. The second-order valence-electron chi connectivity index (χ2n) is 6.01. The molecular formula is C18H16F3NO3S. The zero-order valence-electron chi connectivity index (χ0n) is 13.6. The average Bonchev–Trinajstić information content (AvgIpc) is 3.11. The van der Waals surface area contributed by atoms with Crippen LogP contribution in [-0.4, -0.2) is 25.6 Å². The number of carbonyl (C=O) groups is 1. The fourth-order valence-corrected chi connectivity index (χ4v) is 5.16. The van der Waals surface area contributed by atoms with Crippen molar-refractivity contribution >= 4 is 16.3 Å². The molecule has 1 atom stereocenters. The zero-order chi connectivity index (χ0) is 18.9. The van der Waals surface area contributed by atoms with Gasteiger partial charge in [-0.2, -0.15) is 17.5 Å². The summed E-state index contributed by atoms with van der Waals surface area (Å²) in [7, 11) is -4.11. The Balaban J connectivity index is 2.09. The van der Waals surface area contributed by atoms with E-state index in [1.165, 1.54) is 42.5 Å². The van der Waals surface area contributed by atoms with Crippen molar-refractivity contribution in [3.8, 4) is 0 Å². The van der Waals surface area contributed by atoms with Crippen molar-refractivity contribution in [2.75, 3.05) is 6.54 Å². The van der Waals surface area contributed by atoms with Gasteiger partial charge in [0.25, 0.3) is 0 Å². The molecule has 26 heavy (non-hydrogen) atoms. The molecule has 1 heterocycles. The largest absolute Gasteiger partial charge is 0.416 e. The van der Waals surface area contributed by atoms with Gasteiger partial charge in [0.05, 0.1) is 16.5 Å². The molecule has 2 aromatic carbocycles. The van der Waals surface area contributed by atoms with Gasteiger partial charge in [0.1, 0.15) is 0 Å². The minimum atomic E-state index is -4.57. The van der Waals surface area contributed by atoms with Crippen LogP contribution in [0.5, 0.6) is 0 Å². The third-order valence-electron chi connectivity index (χ3n) is 4.46. The SMILES string of the molecule is O=Cc1ccccc1S(=O)(=O)N1CCCC1c1ccccc1C(F)(F)F. The van der Waals surface area contributed by atoms with Crippen LogP contribution < -0.4 is 0 Å². The highest BCUT2D eigenvalue weighted by molar-refractivity contribution is 7.89. The van der Waals surface area contributed by atoms with Crippen LogP contribution in [0.25, 0.3) is 0 Å². The Morgan fingerprint density at radius 2 is 1.69 bits per heavy atom. The molecule has 1 aliphatic heterocycles. The zero-order valence-corrected chi connectivity index (χ0v) is 14.4. The van der Waals surface area contributed by atoms with Crippen LogP contribution >= 0.6 is 0 Å². The summed E-state index contributed by atoms with van der Waals surface area (Å²) < 4.78 is 67.2. The third-order valence-corrected chi connectivity index (χ3v) is 6.44. The molecule has 2 aromatic rings. The number of rotatable bonds is 4. The summed E-state index contributed by atoms with van der Waals surface area (Å²) in [6.45, 7) is 0.104. The number of nitrogens with zero attached hydrogens (tertiary/aromatic N) is 1. The molecule has 0 aliphatic carbocycles. The van der Waals surface area contributed by atoms with Gasteiger partial charge in [-0.05, 0) is 30.5 Å². The summed E-state index contributed by atoms with van der Waals surface area (Å²) in [6, 6.07) is 9.77. The molecule has 8 heteroatoms. The van der Waals surface area contributed by atoms with Gasteiger partial charge in [-0.15, -0.1) is 0 Å². The summed E-state index contributed by atoms with van der Waals surface area (Å²) in [5.41, 5.74) is -0.914. The lowest BCUT2D eigenvalue weighted by Crippen LogP contribution is -2.32. The van der Waals surface area contributed by atoms with E-state index in [0.717, 1.165) is 10.4 Å². The van der Waals surface area contributed by atoms with Crippen molar-refractivity contribution in [1.29, 1.82) is 0 Å². The standard InChI is InChI=1S/C18H16F3NO3S/c19-18(20,21)15-8-3-2-7-14(15)16-9-5-11-22(16)26(24,25)17-10-4-1-6-13(17)12-23/h1-4,6-8,10,12,16H,5,9,11H2. The molecule has 0 aromatic heterocycles. The van der Waals surface area contributed by atoms with E-state index in [-0.39, 0.29) is 29.0 Å². The van der Waals surface area contributed by atoms with Gasteiger partial charge < -0.3 is 0 Å². The van der Waals surface area contributed by atoms with E-state index in [2.05, 4.69) is 0 Å².